The van der Waals surface area contributed by atoms with Crippen LogP contribution in [-0.2, 0) is 16.1 Å². The highest BCUT2D eigenvalue weighted by molar-refractivity contribution is 5.71. The zero-order chi connectivity index (χ0) is 18.0. The third-order valence-electron chi connectivity index (χ3n) is 4.66. The Kier molecular flexibility index (Phi) is 4.88. The van der Waals surface area contributed by atoms with Gasteiger partial charge in [-0.15, -0.1) is 0 Å². The molecular weight excluding hydrogens is 320 g/mol. The monoisotopic (exact) mass is 346 g/mol. The van der Waals surface area contributed by atoms with E-state index < -0.39 is 11.7 Å². The average molecular weight is 346 g/mol. The minimum atomic E-state index is -0.517. The number of hydrogen-bond acceptors (Lipinski definition) is 4. The summed E-state index contributed by atoms with van der Waals surface area (Å²) in [5.41, 5.74) is 0.428. The van der Waals surface area contributed by atoms with Crippen molar-refractivity contribution in [3.8, 4) is 0 Å². The summed E-state index contributed by atoms with van der Waals surface area (Å²) in [5.74, 6) is 0. The van der Waals surface area contributed by atoms with E-state index in [9.17, 15) is 9.59 Å². The van der Waals surface area contributed by atoms with Crippen LogP contribution in [0.25, 0.3) is 0 Å². The van der Waals surface area contributed by atoms with Gasteiger partial charge in [-0.05, 0) is 45.6 Å². The van der Waals surface area contributed by atoms with Crippen molar-refractivity contribution in [2.45, 2.75) is 70.4 Å². The molecular formula is C19H26N2O4. The van der Waals surface area contributed by atoms with Crippen LogP contribution in [-0.4, -0.2) is 40.8 Å². The predicted molar refractivity (Wildman–Crippen MR) is 93.1 cm³/mol. The maximum Gasteiger partial charge on any atom is 0.410 e. The van der Waals surface area contributed by atoms with E-state index >= 15 is 0 Å². The minimum absolute atomic E-state index is 0.0101. The molecule has 0 aliphatic carbocycles. The van der Waals surface area contributed by atoms with Crippen LogP contribution in [0.1, 0.15) is 45.6 Å². The fraction of sp³-hybridized carbons (Fsp3) is 0.579. The first-order valence-corrected chi connectivity index (χ1v) is 8.82. The van der Waals surface area contributed by atoms with Crippen LogP contribution in [0.3, 0.4) is 0 Å². The molecule has 0 aromatic heterocycles. The molecule has 0 saturated carbocycles. The van der Waals surface area contributed by atoms with Crippen molar-refractivity contribution in [2.75, 3.05) is 0 Å². The summed E-state index contributed by atoms with van der Waals surface area (Å²) in [7, 11) is 0. The standard InChI is InChI=1S/C19H26N2O4/c1-19(2,3)25-18(23)21-14-9-10-16(21)15(11-14)20-17(22)24-12-13-7-5-4-6-8-13/h4-8,14-16H,9-12H2,1-3H3,(H,20,22)/t14?,15?,16-/m1/s1. The molecule has 6 heteroatoms. The van der Waals surface area contributed by atoms with Crippen molar-refractivity contribution in [3.05, 3.63) is 35.9 Å². The quantitative estimate of drug-likeness (QED) is 0.910. The molecule has 1 N–H and O–H groups in total. The smallest absolute Gasteiger partial charge is 0.410 e. The van der Waals surface area contributed by atoms with Gasteiger partial charge in [-0.3, -0.25) is 0 Å². The van der Waals surface area contributed by atoms with Crippen molar-refractivity contribution >= 4 is 12.2 Å². The van der Waals surface area contributed by atoms with Crippen molar-refractivity contribution in [1.29, 1.82) is 0 Å². The minimum Gasteiger partial charge on any atom is -0.445 e. The van der Waals surface area contributed by atoms with Crippen molar-refractivity contribution in [1.82, 2.24) is 10.2 Å². The molecule has 25 heavy (non-hydrogen) atoms. The molecule has 1 aromatic rings. The molecule has 2 aliphatic heterocycles. The Labute approximate surface area is 148 Å². The second kappa shape index (κ2) is 6.94. The van der Waals surface area contributed by atoms with Crippen LogP contribution in [0.15, 0.2) is 30.3 Å². The Morgan fingerprint density at radius 2 is 1.92 bits per heavy atom. The van der Waals surface area contributed by atoms with Gasteiger partial charge in [0.15, 0.2) is 0 Å². The number of fused-ring (bicyclic) bond motifs is 2. The zero-order valence-electron chi connectivity index (χ0n) is 15.0. The summed E-state index contributed by atoms with van der Waals surface area (Å²) in [5, 5.41) is 2.92. The Bertz CT molecular complexity index is 626. The van der Waals surface area contributed by atoms with E-state index in [1.165, 1.54) is 0 Å². The number of benzene rings is 1. The van der Waals surface area contributed by atoms with Gasteiger partial charge in [0.2, 0.25) is 0 Å². The SMILES string of the molecule is CC(C)(C)OC(=O)N1C2CC[C@@H]1C(NC(=O)OCc1ccccc1)C2. The highest BCUT2D eigenvalue weighted by Crippen LogP contribution is 2.38. The number of amides is 2. The van der Waals surface area contributed by atoms with Crippen molar-refractivity contribution in [2.24, 2.45) is 0 Å². The summed E-state index contributed by atoms with van der Waals surface area (Å²) < 4.78 is 10.8. The molecule has 2 heterocycles. The Balaban J connectivity index is 1.52. The Morgan fingerprint density at radius 3 is 2.60 bits per heavy atom. The van der Waals surface area contributed by atoms with E-state index in [4.69, 9.17) is 9.47 Å². The highest BCUT2D eigenvalue weighted by atomic mass is 16.6. The number of nitrogens with one attached hydrogen (secondary N) is 1. The van der Waals surface area contributed by atoms with E-state index in [-0.39, 0.29) is 30.8 Å². The van der Waals surface area contributed by atoms with Crippen LogP contribution in [0.5, 0.6) is 0 Å². The second-order valence-corrected chi connectivity index (χ2v) is 7.73. The number of ether oxygens (including phenoxy) is 2. The van der Waals surface area contributed by atoms with Crippen LogP contribution in [0, 0.1) is 0 Å². The molecule has 6 nitrogen and oxygen atoms in total. The van der Waals surface area contributed by atoms with E-state index in [0.717, 1.165) is 24.8 Å². The summed E-state index contributed by atoms with van der Waals surface area (Å²) in [6, 6.07) is 9.61. The van der Waals surface area contributed by atoms with Crippen LogP contribution in [0.4, 0.5) is 9.59 Å². The van der Waals surface area contributed by atoms with Crippen molar-refractivity contribution in [3.63, 3.8) is 0 Å². The Morgan fingerprint density at radius 1 is 1.20 bits per heavy atom. The van der Waals surface area contributed by atoms with E-state index in [1.54, 1.807) is 4.90 Å². The number of carbonyl (C=O) groups is 2. The first-order valence-electron chi connectivity index (χ1n) is 8.82. The van der Waals surface area contributed by atoms with Gasteiger partial charge in [-0.2, -0.15) is 0 Å². The van der Waals surface area contributed by atoms with Crippen LogP contribution >= 0.6 is 0 Å². The fourth-order valence-corrected chi connectivity index (χ4v) is 3.66. The van der Waals surface area contributed by atoms with Crippen LogP contribution < -0.4 is 5.32 Å². The normalized spacial score (nSPS) is 24.9. The van der Waals surface area contributed by atoms with Gasteiger partial charge in [0.25, 0.3) is 0 Å². The maximum atomic E-state index is 12.4. The highest BCUT2D eigenvalue weighted by Gasteiger charge is 2.50. The molecule has 2 bridgehead atoms. The van der Waals surface area contributed by atoms with E-state index in [2.05, 4.69) is 5.32 Å². The lowest BCUT2D eigenvalue weighted by molar-refractivity contribution is 0.0209. The van der Waals surface area contributed by atoms with Gasteiger partial charge < -0.3 is 19.7 Å². The molecule has 2 saturated heterocycles. The lowest BCUT2D eigenvalue weighted by Crippen LogP contribution is -2.46. The number of nitrogens with zero attached hydrogens (tertiary/aromatic N) is 1. The fourth-order valence-electron chi connectivity index (χ4n) is 3.66. The van der Waals surface area contributed by atoms with Gasteiger partial charge >= 0.3 is 12.2 Å². The van der Waals surface area contributed by atoms with E-state index in [1.807, 2.05) is 51.1 Å². The van der Waals surface area contributed by atoms with Gasteiger partial charge in [-0.1, -0.05) is 30.3 Å². The lowest BCUT2D eigenvalue weighted by Gasteiger charge is -2.28. The lowest BCUT2D eigenvalue weighted by atomic mass is 9.96. The molecule has 3 atom stereocenters. The summed E-state index contributed by atoms with van der Waals surface area (Å²) in [4.78, 5) is 26.3. The number of alkyl carbamates (subject to hydrolysis) is 1. The van der Waals surface area contributed by atoms with Gasteiger partial charge in [-0.25, -0.2) is 9.59 Å². The second-order valence-electron chi connectivity index (χ2n) is 7.73. The van der Waals surface area contributed by atoms with E-state index in [0.29, 0.717) is 0 Å². The van der Waals surface area contributed by atoms with Gasteiger partial charge in [0.1, 0.15) is 12.2 Å². The topological polar surface area (TPSA) is 67.9 Å². The third kappa shape index (κ3) is 4.24. The van der Waals surface area contributed by atoms with Crippen LogP contribution in [0.2, 0.25) is 0 Å². The molecule has 2 fully saturated rings. The Hall–Kier alpha value is -2.24. The van der Waals surface area contributed by atoms with Crippen molar-refractivity contribution < 1.29 is 19.1 Å². The largest absolute Gasteiger partial charge is 0.445 e. The average Bonchev–Trinajstić information content (AvgIpc) is 3.10. The summed E-state index contributed by atoms with van der Waals surface area (Å²) in [6.07, 6.45) is 1.87. The van der Waals surface area contributed by atoms with Gasteiger partial charge in [0, 0.05) is 6.04 Å². The maximum absolute atomic E-state index is 12.4. The number of carbonyl (C=O) groups excluding carboxylic acids is 2. The molecule has 2 aliphatic rings. The molecule has 1 aromatic carbocycles. The molecule has 2 amide bonds. The molecule has 3 rings (SSSR count). The number of hydrogen-bond donors (Lipinski definition) is 1. The zero-order valence-corrected chi connectivity index (χ0v) is 15.0. The summed E-state index contributed by atoms with van der Waals surface area (Å²) in [6.45, 7) is 5.82. The first kappa shape index (κ1) is 17.6. The predicted octanol–water partition coefficient (Wildman–Crippen LogP) is 3.45. The molecule has 136 valence electrons. The third-order valence-corrected chi connectivity index (χ3v) is 4.66. The first-order chi connectivity index (χ1) is 11.8. The molecule has 0 radical (unpaired) electrons. The molecule has 2 unspecified atom stereocenters. The number of rotatable bonds is 3. The summed E-state index contributed by atoms with van der Waals surface area (Å²) >= 11 is 0. The molecule has 0 spiro atoms. The van der Waals surface area contributed by atoms with Gasteiger partial charge in [0.05, 0.1) is 12.1 Å².